The molecule has 0 spiro atoms. The van der Waals surface area contributed by atoms with Gasteiger partial charge in [-0.3, -0.25) is 4.79 Å². The smallest absolute Gasteiger partial charge is 0.270 e. The van der Waals surface area contributed by atoms with Crippen LogP contribution in [0, 0.1) is 12.8 Å². The SMILES string of the molecule is Cc1nc(CC2CC2)sc1C(=O)N1CCCc2cccc(O)c21. The fourth-order valence-corrected chi connectivity index (χ4v) is 4.39. The Kier molecular flexibility index (Phi) is 3.60. The van der Waals surface area contributed by atoms with E-state index in [1.807, 2.05) is 19.1 Å². The fraction of sp³-hybridized carbons (Fsp3) is 0.444. The number of amides is 1. The lowest BCUT2D eigenvalue weighted by molar-refractivity contribution is 0.0987. The number of carbonyl (C=O) groups excluding carboxylic acids is 1. The summed E-state index contributed by atoms with van der Waals surface area (Å²) in [5.41, 5.74) is 2.54. The van der Waals surface area contributed by atoms with Gasteiger partial charge in [0.2, 0.25) is 0 Å². The molecule has 0 saturated heterocycles. The maximum absolute atomic E-state index is 13.0. The summed E-state index contributed by atoms with van der Waals surface area (Å²) < 4.78 is 0. The van der Waals surface area contributed by atoms with Crippen LogP contribution >= 0.6 is 11.3 Å². The molecule has 4 nitrogen and oxygen atoms in total. The Hall–Kier alpha value is -1.88. The molecular formula is C18H20N2O2S. The highest BCUT2D eigenvalue weighted by Gasteiger charge is 2.30. The Morgan fingerprint density at radius 2 is 2.26 bits per heavy atom. The van der Waals surface area contributed by atoms with E-state index in [9.17, 15) is 9.90 Å². The third kappa shape index (κ3) is 2.74. The number of thiazole rings is 1. The quantitative estimate of drug-likeness (QED) is 0.934. The second kappa shape index (κ2) is 5.64. The Labute approximate surface area is 139 Å². The summed E-state index contributed by atoms with van der Waals surface area (Å²) in [6.07, 6.45) is 5.41. The number of anilines is 1. The fourth-order valence-electron chi connectivity index (χ4n) is 3.26. The minimum absolute atomic E-state index is 0.0236. The van der Waals surface area contributed by atoms with Crippen molar-refractivity contribution in [2.45, 2.75) is 39.0 Å². The summed E-state index contributed by atoms with van der Waals surface area (Å²) in [5, 5.41) is 11.3. The first-order chi connectivity index (χ1) is 11.1. The number of aryl methyl sites for hydroxylation is 2. The number of phenolic OH excluding ortho intramolecular Hbond substituents is 1. The summed E-state index contributed by atoms with van der Waals surface area (Å²) in [5.74, 6) is 0.934. The largest absolute Gasteiger partial charge is 0.506 e. The van der Waals surface area contributed by atoms with E-state index in [1.54, 1.807) is 11.0 Å². The van der Waals surface area contributed by atoms with Gasteiger partial charge in [0, 0.05) is 13.0 Å². The van der Waals surface area contributed by atoms with E-state index < -0.39 is 0 Å². The molecule has 0 radical (unpaired) electrons. The van der Waals surface area contributed by atoms with Crippen molar-refractivity contribution in [3.8, 4) is 5.75 Å². The lowest BCUT2D eigenvalue weighted by Crippen LogP contribution is -2.35. The molecule has 0 bridgehead atoms. The zero-order valence-electron chi connectivity index (χ0n) is 13.2. The van der Waals surface area contributed by atoms with Gasteiger partial charge in [-0.1, -0.05) is 12.1 Å². The van der Waals surface area contributed by atoms with Crippen LogP contribution in [0.5, 0.6) is 5.75 Å². The normalized spacial score (nSPS) is 17.2. The highest BCUT2D eigenvalue weighted by Crippen LogP contribution is 2.38. The van der Waals surface area contributed by atoms with Crippen LogP contribution in [-0.4, -0.2) is 22.5 Å². The molecule has 2 aliphatic rings. The predicted octanol–water partition coefficient (Wildman–Crippen LogP) is 3.70. The average molecular weight is 328 g/mol. The Balaban J connectivity index is 1.66. The number of rotatable bonds is 3. The Morgan fingerprint density at radius 1 is 1.43 bits per heavy atom. The number of fused-ring (bicyclic) bond motifs is 1. The molecule has 4 rings (SSSR count). The van der Waals surface area contributed by atoms with Crippen molar-refractivity contribution in [2.24, 2.45) is 5.92 Å². The number of carbonyl (C=O) groups is 1. The maximum Gasteiger partial charge on any atom is 0.270 e. The van der Waals surface area contributed by atoms with Crippen molar-refractivity contribution < 1.29 is 9.90 Å². The van der Waals surface area contributed by atoms with E-state index in [0.29, 0.717) is 12.2 Å². The van der Waals surface area contributed by atoms with Crippen molar-refractivity contribution >= 4 is 22.9 Å². The number of aromatic nitrogens is 1. The van der Waals surface area contributed by atoms with Crippen LogP contribution in [0.4, 0.5) is 5.69 Å². The number of aromatic hydroxyl groups is 1. The van der Waals surface area contributed by atoms with Crippen molar-refractivity contribution in [3.05, 3.63) is 39.3 Å². The first-order valence-corrected chi connectivity index (χ1v) is 9.04. The number of hydrogen-bond acceptors (Lipinski definition) is 4. The molecule has 1 aromatic heterocycles. The van der Waals surface area contributed by atoms with Gasteiger partial charge in [-0.15, -0.1) is 11.3 Å². The van der Waals surface area contributed by atoms with Gasteiger partial charge < -0.3 is 10.0 Å². The molecular weight excluding hydrogens is 308 g/mol. The van der Waals surface area contributed by atoms with Gasteiger partial charge >= 0.3 is 0 Å². The van der Waals surface area contributed by atoms with Crippen LogP contribution in [0.15, 0.2) is 18.2 Å². The molecule has 0 unspecified atom stereocenters. The number of para-hydroxylation sites is 1. The van der Waals surface area contributed by atoms with Crippen LogP contribution < -0.4 is 4.90 Å². The highest BCUT2D eigenvalue weighted by molar-refractivity contribution is 7.14. The molecule has 1 aliphatic heterocycles. The number of benzene rings is 1. The maximum atomic E-state index is 13.0. The van der Waals surface area contributed by atoms with Gasteiger partial charge in [0.05, 0.1) is 16.4 Å². The molecule has 1 aromatic carbocycles. The minimum atomic E-state index is -0.0236. The van der Waals surface area contributed by atoms with Crippen LogP contribution in [0.25, 0.3) is 0 Å². The number of phenols is 1. The van der Waals surface area contributed by atoms with Crippen LogP contribution in [0.1, 0.15) is 45.2 Å². The van der Waals surface area contributed by atoms with Gasteiger partial charge in [0.15, 0.2) is 0 Å². The lowest BCUT2D eigenvalue weighted by atomic mass is 10.0. The van der Waals surface area contributed by atoms with Gasteiger partial charge in [-0.25, -0.2) is 4.98 Å². The first kappa shape index (κ1) is 14.7. The zero-order valence-corrected chi connectivity index (χ0v) is 14.0. The van der Waals surface area contributed by atoms with Gasteiger partial charge in [-0.2, -0.15) is 0 Å². The van der Waals surface area contributed by atoms with Gasteiger partial charge in [0.25, 0.3) is 5.91 Å². The highest BCUT2D eigenvalue weighted by atomic mass is 32.1. The van der Waals surface area contributed by atoms with Crippen LogP contribution in [-0.2, 0) is 12.8 Å². The first-order valence-electron chi connectivity index (χ1n) is 8.22. The molecule has 1 N–H and O–H groups in total. The molecule has 2 aromatic rings. The molecule has 1 fully saturated rings. The summed E-state index contributed by atoms with van der Waals surface area (Å²) in [7, 11) is 0. The van der Waals surface area contributed by atoms with Crippen molar-refractivity contribution in [1.29, 1.82) is 0 Å². The molecule has 23 heavy (non-hydrogen) atoms. The average Bonchev–Trinajstić information content (AvgIpc) is 3.28. The van der Waals surface area contributed by atoms with E-state index in [4.69, 9.17) is 0 Å². The Bertz CT molecular complexity index is 764. The summed E-state index contributed by atoms with van der Waals surface area (Å²) in [6.45, 7) is 2.56. The van der Waals surface area contributed by atoms with E-state index in [2.05, 4.69) is 4.98 Å². The number of hydrogen-bond donors (Lipinski definition) is 1. The minimum Gasteiger partial charge on any atom is -0.506 e. The monoisotopic (exact) mass is 328 g/mol. The van der Waals surface area contributed by atoms with E-state index >= 15 is 0 Å². The van der Waals surface area contributed by atoms with Crippen molar-refractivity contribution in [2.75, 3.05) is 11.4 Å². The molecule has 2 heterocycles. The van der Waals surface area contributed by atoms with Crippen molar-refractivity contribution in [1.82, 2.24) is 4.98 Å². The second-order valence-electron chi connectivity index (χ2n) is 6.51. The topological polar surface area (TPSA) is 53.4 Å². The van der Waals surface area contributed by atoms with Crippen LogP contribution in [0.3, 0.4) is 0 Å². The molecule has 5 heteroatoms. The lowest BCUT2D eigenvalue weighted by Gasteiger charge is -2.29. The third-order valence-electron chi connectivity index (χ3n) is 4.64. The summed E-state index contributed by atoms with van der Waals surface area (Å²) in [6, 6.07) is 5.49. The predicted molar refractivity (Wildman–Crippen MR) is 91.4 cm³/mol. The molecule has 1 amide bonds. The third-order valence-corrected chi connectivity index (χ3v) is 5.80. The summed E-state index contributed by atoms with van der Waals surface area (Å²) >= 11 is 1.53. The standard InChI is InChI=1S/C18H20N2O2S/c1-11-17(23-15(19-11)10-12-7-8-12)18(22)20-9-3-5-13-4-2-6-14(21)16(13)20/h2,4,6,12,21H,3,5,7-10H2,1H3. The molecule has 120 valence electrons. The van der Waals surface area contributed by atoms with Gasteiger partial charge in [0.1, 0.15) is 10.6 Å². The van der Waals surface area contributed by atoms with Gasteiger partial charge in [-0.05, 0) is 50.2 Å². The molecule has 1 aliphatic carbocycles. The number of nitrogens with zero attached hydrogens (tertiary/aromatic N) is 2. The van der Waals surface area contributed by atoms with Crippen molar-refractivity contribution in [3.63, 3.8) is 0 Å². The zero-order chi connectivity index (χ0) is 16.0. The second-order valence-corrected chi connectivity index (χ2v) is 7.60. The van der Waals surface area contributed by atoms with E-state index in [0.717, 1.165) is 46.3 Å². The molecule has 0 atom stereocenters. The Morgan fingerprint density at radius 3 is 3.04 bits per heavy atom. The molecule has 1 saturated carbocycles. The van der Waals surface area contributed by atoms with E-state index in [-0.39, 0.29) is 11.7 Å². The van der Waals surface area contributed by atoms with E-state index in [1.165, 1.54) is 24.2 Å². The van der Waals surface area contributed by atoms with Crippen LogP contribution in [0.2, 0.25) is 0 Å². The summed E-state index contributed by atoms with van der Waals surface area (Å²) in [4.78, 5) is 20.1.